The topological polar surface area (TPSA) is 105 Å². The van der Waals surface area contributed by atoms with Crippen LogP contribution in [0.3, 0.4) is 0 Å². The second-order valence-electron chi connectivity index (χ2n) is 6.17. The van der Waals surface area contributed by atoms with Gasteiger partial charge in [0, 0.05) is 20.9 Å². The molecule has 0 aliphatic rings. The summed E-state index contributed by atoms with van der Waals surface area (Å²) < 4.78 is 11.6. The second-order valence-corrected chi connectivity index (χ2v) is 7.90. The highest BCUT2D eigenvalue weighted by Crippen LogP contribution is 2.34. The number of amides is 2. The number of carbonyl (C=O) groups is 2. The van der Waals surface area contributed by atoms with Gasteiger partial charge in [0.15, 0.2) is 5.76 Å². The van der Waals surface area contributed by atoms with Crippen LogP contribution in [0.25, 0.3) is 0 Å². The molecule has 2 amide bonds. The number of urea groups is 1. The SMILES string of the molecule is CCOC(=O)c1c(Nc2cccc(Cl)c2)oc(/C=N\NC(=O)Nc2ccc(Br)cc2)c1Cl. The van der Waals surface area contributed by atoms with Crippen molar-refractivity contribution in [3.05, 3.63) is 74.4 Å². The van der Waals surface area contributed by atoms with Crippen LogP contribution >= 0.6 is 39.1 Å². The van der Waals surface area contributed by atoms with Crippen LogP contribution in [-0.4, -0.2) is 24.8 Å². The molecule has 32 heavy (non-hydrogen) atoms. The van der Waals surface area contributed by atoms with Gasteiger partial charge >= 0.3 is 12.0 Å². The molecule has 0 unspecified atom stereocenters. The van der Waals surface area contributed by atoms with Crippen molar-refractivity contribution >= 4 is 74.6 Å². The van der Waals surface area contributed by atoms with Gasteiger partial charge in [-0.05, 0) is 49.4 Å². The van der Waals surface area contributed by atoms with E-state index in [2.05, 4.69) is 37.1 Å². The lowest BCUT2D eigenvalue weighted by molar-refractivity contribution is 0.0527. The Morgan fingerprint density at radius 2 is 1.91 bits per heavy atom. The standard InChI is InChI=1S/C21H17BrCl2N4O4/c1-2-31-20(29)17-18(24)16(32-19(17)26-15-5-3-4-13(23)10-15)11-25-28-21(30)27-14-8-6-12(22)7-9-14/h3-11,26H,2H2,1H3,(H2,27,28,30)/b25-11-. The van der Waals surface area contributed by atoms with Crippen LogP contribution in [0.5, 0.6) is 0 Å². The molecule has 0 saturated heterocycles. The summed E-state index contributed by atoms with van der Waals surface area (Å²) >= 11 is 15.7. The van der Waals surface area contributed by atoms with Crippen molar-refractivity contribution in [3.63, 3.8) is 0 Å². The molecule has 11 heteroatoms. The summed E-state index contributed by atoms with van der Waals surface area (Å²) in [7, 11) is 0. The lowest BCUT2D eigenvalue weighted by Gasteiger charge is -2.06. The Balaban J connectivity index is 1.77. The van der Waals surface area contributed by atoms with Crippen LogP contribution in [0.2, 0.25) is 10.0 Å². The summed E-state index contributed by atoms with van der Waals surface area (Å²) in [6.45, 7) is 1.82. The second kappa shape index (κ2) is 11.0. The lowest BCUT2D eigenvalue weighted by Crippen LogP contribution is -2.24. The van der Waals surface area contributed by atoms with E-state index < -0.39 is 12.0 Å². The van der Waals surface area contributed by atoms with E-state index in [0.29, 0.717) is 16.4 Å². The molecule has 1 aromatic heterocycles. The molecule has 8 nitrogen and oxygen atoms in total. The Labute approximate surface area is 202 Å². The van der Waals surface area contributed by atoms with Gasteiger partial charge in [0.1, 0.15) is 10.6 Å². The Kier molecular flexibility index (Phi) is 8.15. The molecule has 0 radical (unpaired) electrons. The number of nitrogens with zero attached hydrogens (tertiary/aromatic N) is 1. The molecule has 0 aliphatic carbocycles. The van der Waals surface area contributed by atoms with Crippen molar-refractivity contribution in [2.24, 2.45) is 5.10 Å². The Bertz CT molecular complexity index is 1150. The summed E-state index contributed by atoms with van der Waals surface area (Å²) in [4.78, 5) is 24.4. The molecule has 3 aromatic rings. The third kappa shape index (κ3) is 6.25. The maximum Gasteiger partial charge on any atom is 0.345 e. The number of hydrogen-bond donors (Lipinski definition) is 3. The lowest BCUT2D eigenvalue weighted by atomic mass is 10.2. The van der Waals surface area contributed by atoms with Crippen LogP contribution in [0.4, 0.5) is 22.1 Å². The third-order valence-electron chi connectivity index (χ3n) is 3.89. The number of ether oxygens (including phenoxy) is 1. The maximum atomic E-state index is 12.4. The highest BCUT2D eigenvalue weighted by Gasteiger charge is 2.25. The van der Waals surface area contributed by atoms with Gasteiger partial charge in [-0.15, -0.1) is 0 Å². The molecular formula is C21H17BrCl2N4O4. The molecule has 0 spiro atoms. The van der Waals surface area contributed by atoms with Crippen LogP contribution in [0.1, 0.15) is 23.0 Å². The van der Waals surface area contributed by atoms with Gasteiger partial charge in [-0.3, -0.25) is 0 Å². The Hall–Kier alpha value is -3.01. The number of hydrogen-bond acceptors (Lipinski definition) is 6. The summed E-state index contributed by atoms with van der Waals surface area (Å²) in [5.41, 5.74) is 3.44. The summed E-state index contributed by atoms with van der Waals surface area (Å²) in [5, 5.41) is 9.85. The van der Waals surface area contributed by atoms with Gasteiger partial charge in [-0.25, -0.2) is 15.0 Å². The van der Waals surface area contributed by atoms with E-state index in [0.717, 1.165) is 4.47 Å². The highest BCUT2D eigenvalue weighted by molar-refractivity contribution is 9.10. The zero-order chi connectivity index (χ0) is 23.1. The number of nitrogens with one attached hydrogen (secondary N) is 3. The third-order valence-corrected chi connectivity index (χ3v) is 5.03. The Morgan fingerprint density at radius 1 is 1.16 bits per heavy atom. The van der Waals surface area contributed by atoms with E-state index in [1.807, 2.05) is 0 Å². The molecule has 0 aliphatic heterocycles. The zero-order valence-electron chi connectivity index (χ0n) is 16.6. The number of rotatable bonds is 7. The smallest absolute Gasteiger partial charge is 0.345 e. The van der Waals surface area contributed by atoms with E-state index in [1.54, 1.807) is 55.5 Å². The first kappa shape index (κ1) is 23.6. The molecule has 1 heterocycles. The minimum Gasteiger partial charge on any atom is -0.462 e. The molecule has 0 fully saturated rings. The van der Waals surface area contributed by atoms with E-state index in [9.17, 15) is 9.59 Å². The molecule has 0 atom stereocenters. The average Bonchev–Trinajstić information content (AvgIpc) is 3.05. The van der Waals surface area contributed by atoms with Crippen LogP contribution in [0.15, 0.2) is 62.5 Å². The van der Waals surface area contributed by atoms with Crippen molar-refractivity contribution in [1.29, 1.82) is 0 Å². The summed E-state index contributed by atoms with van der Waals surface area (Å²) in [5.74, 6) is -0.578. The van der Waals surface area contributed by atoms with Crippen LogP contribution in [-0.2, 0) is 4.74 Å². The minimum atomic E-state index is -0.675. The summed E-state index contributed by atoms with van der Waals surface area (Å²) in [6, 6.07) is 13.3. The highest BCUT2D eigenvalue weighted by atomic mass is 79.9. The molecule has 3 rings (SSSR count). The number of esters is 1. The van der Waals surface area contributed by atoms with Gasteiger partial charge in [-0.1, -0.05) is 45.2 Å². The van der Waals surface area contributed by atoms with Crippen molar-refractivity contribution in [3.8, 4) is 0 Å². The van der Waals surface area contributed by atoms with Gasteiger partial charge in [0.2, 0.25) is 5.88 Å². The molecule has 2 aromatic carbocycles. The average molecular weight is 540 g/mol. The first-order valence-corrected chi connectivity index (χ1v) is 10.8. The number of hydrazone groups is 1. The fraction of sp³-hybridized carbons (Fsp3) is 0.0952. The van der Waals surface area contributed by atoms with Crippen molar-refractivity contribution in [2.45, 2.75) is 6.92 Å². The molecule has 3 N–H and O–H groups in total. The predicted octanol–water partition coefficient (Wildman–Crippen LogP) is 6.42. The maximum absolute atomic E-state index is 12.4. The van der Waals surface area contributed by atoms with Gasteiger partial charge in [0.25, 0.3) is 0 Å². The number of furan rings is 1. The quantitative estimate of drug-likeness (QED) is 0.182. The van der Waals surface area contributed by atoms with E-state index in [-0.39, 0.29) is 28.8 Å². The van der Waals surface area contributed by atoms with Crippen LogP contribution < -0.4 is 16.1 Å². The molecular weight excluding hydrogens is 523 g/mol. The number of carbonyl (C=O) groups excluding carboxylic acids is 2. The first-order valence-electron chi connectivity index (χ1n) is 9.25. The largest absolute Gasteiger partial charge is 0.462 e. The van der Waals surface area contributed by atoms with Crippen molar-refractivity contribution in [2.75, 3.05) is 17.2 Å². The number of halogens is 3. The molecule has 0 saturated carbocycles. The van der Waals surface area contributed by atoms with Gasteiger partial charge in [0.05, 0.1) is 12.8 Å². The minimum absolute atomic E-state index is 0.00532. The van der Waals surface area contributed by atoms with E-state index >= 15 is 0 Å². The van der Waals surface area contributed by atoms with Gasteiger partial charge < -0.3 is 19.8 Å². The van der Waals surface area contributed by atoms with Crippen molar-refractivity contribution < 1.29 is 18.7 Å². The molecule has 166 valence electrons. The van der Waals surface area contributed by atoms with Crippen LogP contribution in [0, 0.1) is 0 Å². The zero-order valence-corrected chi connectivity index (χ0v) is 19.7. The Morgan fingerprint density at radius 3 is 2.59 bits per heavy atom. The van der Waals surface area contributed by atoms with E-state index in [4.69, 9.17) is 32.4 Å². The fourth-order valence-electron chi connectivity index (χ4n) is 2.52. The number of benzene rings is 2. The fourth-order valence-corrected chi connectivity index (χ4v) is 3.23. The molecule has 0 bridgehead atoms. The predicted molar refractivity (Wildman–Crippen MR) is 128 cm³/mol. The normalized spacial score (nSPS) is 10.8. The summed E-state index contributed by atoms with van der Waals surface area (Å²) in [6.07, 6.45) is 1.18. The van der Waals surface area contributed by atoms with Crippen molar-refractivity contribution in [1.82, 2.24) is 5.43 Å². The number of anilines is 3. The monoisotopic (exact) mass is 538 g/mol. The first-order chi connectivity index (χ1) is 15.4. The van der Waals surface area contributed by atoms with Gasteiger partial charge in [-0.2, -0.15) is 5.10 Å². The van der Waals surface area contributed by atoms with E-state index in [1.165, 1.54) is 6.21 Å².